The third-order valence-corrected chi connectivity index (χ3v) is 3.22. The van der Waals surface area contributed by atoms with E-state index < -0.39 is 29.3 Å². The first-order valence-corrected chi connectivity index (χ1v) is 7.68. The van der Waals surface area contributed by atoms with Gasteiger partial charge in [-0.15, -0.1) is 0 Å². The summed E-state index contributed by atoms with van der Waals surface area (Å²) in [5.74, 6) is -0.905. The van der Waals surface area contributed by atoms with Crippen LogP contribution in [0.5, 0.6) is 0 Å². The molecule has 1 aromatic rings. The molecule has 0 saturated carbocycles. The van der Waals surface area contributed by atoms with Gasteiger partial charge in [-0.05, 0) is 25.3 Å². The van der Waals surface area contributed by atoms with Crippen molar-refractivity contribution in [3.8, 4) is 0 Å². The number of carbonyl (C=O) groups is 1. The highest BCUT2D eigenvalue weighted by molar-refractivity contribution is 5.74. The largest absolute Gasteiger partial charge is 0.501 e. The van der Waals surface area contributed by atoms with Gasteiger partial charge in [0.15, 0.2) is 6.04 Å². The van der Waals surface area contributed by atoms with Crippen LogP contribution < -0.4 is 5.56 Å². The molecular weight excluding hydrogens is 341 g/mol. The Morgan fingerprint density at radius 1 is 1.40 bits per heavy atom. The molecule has 1 heterocycles. The highest BCUT2D eigenvalue weighted by Gasteiger charge is 2.37. The van der Waals surface area contributed by atoms with E-state index in [0.29, 0.717) is 17.4 Å². The Kier molecular flexibility index (Phi) is 7.20. The lowest BCUT2D eigenvalue weighted by Gasteiger charge is -2.20. The van der Waals surface area contributed by atoms with Crippen molar-refractivity contribution in [2.24, 2.45) is 5.92 Å². The summed E-state index contributed by atoms with van der Waals surface area (Å²) in [5, 5.41) is 3.88. The number of hydrogen-bond donors (Lipinski definition) is 0. The molecule has 0 saturated heterocycles. The second-order valence-electron chi connectivity index (χ2n) is 5.66. The van der Waals surface area contributed by atoms with Gasteiger partial charge in [-0.2, -0.15) is 18.3 Å². The first-order valence-electron chi connectivity index (χ1n) is 7.68. The van der Waals surface area contributed by atoms with Gasteiger partial charge in [0.2, 0.25) is 0 Å². The smallest absolute Gasteiger partial charge is 0.421 e. The molecule has 0 bridgehead atoms. The number of nitrogens with zero attached hydrogens (tertiary/aromatic N) is 2. The number of alkyl halides is 3. The van der Waals surface area contributed by atoms with E-state index in [-0.39, 0.29) is 18.0 Å². The van der Waals surface area contributed by atoms with Crippen LogP contribution in [0, 0.1) is 5.92 Å². The van der Waals surface area contributed by atoms with Gasteiger partial charge >= 0.3 is 12.1 Å². The molecule has 6 nitrogen and oxygen atoms in total. The van der Waals surface area contributed by atoms with E-state index >= 15 is 0 Å². The lowest BCUT2D eigenvalue weighted by Crippen LogP contribution is -2.37. The van der Waals surface area contributed by atoms with Gasteiger partial charge in [0.05, 0.1) is 25.7 Å². The molecule has 9 heteroatoms. The summed E-state index contributed by atoms with van der Waals surface area (Å²) < 4.78 is 49.7. The highest BCUT2D eigenvalue weighted by atomic mass is 19.4. The molecule has 0 aliphatic carbocycles. The fourth-order valence-corrected chi connectivity index (χ4v) is 2.12. The van der Waals surface area contributed by atoms with E-state index in [1.807, 2.05) is 0 Å². The van der Waals surface area contributed by atoms with Crippen molar-refractivity contribution in [1.29, 1.82) is 0 Å². The van der Waals surface area contributed by atoms with E-state index in [0.717, 1.165) is 7.11 Å². The number of carbonyl (C=O) groups excluding carboxylic acids is 1. The number of aromatic nitrogens is 2. The van der Waals surface area contributed by atoms with Crippen LogP contribution in [0.25, 0.3) is 6.08 Å². The Morgan fingerprint density at radius 2 is 2.04 bits per heavy atom. The summed E-state index contributed by atoms with van der Waals surface area (Å²) in [7, 11) is 1.10. The van der Waals surface area contributed by atoms with Crippen LogP contribution >= 0.6 is 0 Å². The maximum absolute atomic E-state index is 13.2. The SMILES string of the molecule is CCO/C=C/c1cc(C(F)(F)F)c(=O)n(C(CC(C)C)C(=O)OC)n1. The van der Waals surface area contributed by atoms with Gasteiger partial charge in [0, 0.05) is 6.08 Å². The van der Waals surface area contributed by atoms with Gasteiger partial charge in [-0.3, -0.25) is 4.79 Å². The van der Waals surface area contributed by atoms with E-state index in [2.05, 4.69) is 9.84 Å². The topological polar surface area (TPSA) is 70.4 Å². The molecule has 0 aromatic carbocycles. The van der Waals surface area contributed by atoms with Crippen molar-refractivity contribution < 1.29 is 27.4 Å². The molecule has 0 N–H and O–H groups in total. The zero-order chi connectivity index (χ0) is 19.2. The summed E-state index contributed by atoms with van der Waals surface area (Å²) in [5.41, 5.74) is -2.95. The third kappa shape index (κ3) is 5.61. The summed E-state index contributed by atoms with van der Waals surface area (Å²) in [6.45, 7) is 5.56. The average molecular weight is 362 g/mol. The molecular formula is C16H21F3N2O4. The Labute approximate surface area is 143 Å². The number of halogens is 3. The minimum absolute atomic E-state index is 0.0743. The molecule has 25 heavy (non-hydrogen) atoms. The Bertz CT molecular complexity index is 681. The van der Waals surface area contributed by atoms with E-state index in [4.69, 9.17) is 4.74 Å². The lowest BCUT2D eigenvalue weighted by atomic mass is 10.0. The van der Waals surface area contributed by atoms with Crippen LogP contribution in [0.1, 0.15) is 44.5 Å². The zero-order valence-corrected chi connectivity index (χ0v) is 14.5. The van der Waals surface area contributed by atoms with Gasteiger partial charge in [-0.1, -0.05) is 13.8 Å². The fraction of sp³-hybridized carbons (Fsp3) is 0.562. The van der Waals surface area contributed by atoms with Crippen LogP contribution in [0.4, 0.5) is 13.2 Å². The first-order chi connectivity index (χ1) is 11.6. The maximum Gasteiger partial charge on any atom is 0.421 e. The number of esters is 1. The number of ether oxygens (including phenoxy) is 2. The van der Waals surface area contributed by atoms with Crippen LogP contribution in [0.3, 0.4) is 0 Å². The first kappa shape index (κ1) is 20.7. The predicted octanol–water partition coefficient (Wildman–Crippen LogP) is 3.03. The van der Waals surface area contributed by atoms with Crippen molar-refractivity contribution in [3.05, 3.63) is 33.9 Å². The maximum atomic E-state index is 13.2. The fourth-order valence-electron chi connectivity index (χ4n) is 2.12. The van der Waals surface area contributed by atoms with Gasteiger partial charge in [-0.25, -0.2) is 9.48 Å². The normalized spacial score (nSPS) is 13.3. The molecule has 0 spiro atoms. The lowest BCUT2D eigenvalue weighted by molar-refractivity contribution is -0.147. The van der Waals surface area contributed by atoms with Gasteiger partial charge in [0.1, 0.15) is 5.56 Å². The van der Waals surface area contributed by atoms with Crippen LogP contribution in [-0.2, 0) is 20.4 Å². The van der Waals surface area contributed by atoms with Crippen molar-refractivity contribution >= 4 is 12.0 Å². The average Bonchev–Trinajstić information content (AvgIpc) is 2.52. The van der Waals surface area contributed by atoms with Crippen molar-refractivity contribution in [2.45, 2.75) is 39.4 Å². The summed E-state index contributed by atoms with van der Waals surface area (Å²) >= 11 is 0. The molecule has 0 aliphatic heterocycles. The summed E-state index contributed by atoms with van der Waals surface area (Å²) in [6, 6.07) is -0.628. The van der Waals surface area contributed by atoms with Crippen LogP contribution in [-0.4, -0.2) is 29.5 Å². The standard InChI is InChI=1S/C16H21F3N2O4/c1-5-25-7-6-11-9-12(16(17,18)19)14(22)21(20-11)13(8-10(2)3)15(23)24-4/h6-7,9-10,13H,5,8H2,1-4H3/b7-6+. The third-order valence-electron chi connectivity index (χ3n) is 3.22. The second-order valence-corrected chi connectivity index (χ2v) is 5.66. The van der Waals surface area contributed by atoms with Crippen molar-refractivity contribution in [1.82, 2.24) is 9.78 Å². The molecule has 1 unspecified atom stereocenters. The quantitative estimate of drug-likeness (QED) is 0.551. The van der Waals surface area contributed by atoms with Gasteiger partial charge < -0.3 is 9.47 Å². The Balaban J connectivity index is 3.56. The molecule has 0 radical (unpaired) electrons. The number of methoxy groups -OCH3 is 1. The number of hydrogen-bond acceptors (Lipinski definition) is 5. The summed E-state index contributed by atoms with van der Waals surface area (Å²) in [4.78, 5) is 24.2. The Hall–Kier alpha value is -2.32. The minimum atomic E-state index is -4.88. The van der Waals surface area contributed by atoms with Crippen molar-refractivity contribution in [2.75, 3.05) is 13.7 Å². The second kappa shape index (κ2) is 8.68. The molecule has 0 fully saturated rings. The highest BCUT2D eigenvalue weighted by Crippen LogP contribution is 2.28. The predicted molar refractivity (Wildman–Crippen MR) is 84.7 cm³/mol. The number of rotatable bonds is 7. The molecule has 1 aromatic heterocycles. The summed E-state index contributed by atoms with van der Waals surface area (Å²) in [6.07, 6.45) is -2.41. The van der Waals surface area contributed by atoms with E-state index in [9.17, 15) is 22.8 Å². The monoisotopic (exact) mass is 362 g/mol. The van der Waals surface area contributed by atoms with Crippen molar-refractivity contribution in [3.63, 3.8) is 0 Å². The molecule has 1 atom stereocenters. The molecule has 140 valence electrons. The minimum Gasteiger partial charge on any atom is -0.501 e. The molecule has 0 amide bonds. The molecule has 1 rings (SSSR count). The van der Waals surface area contributed by atoms with E-state index in [1.54, 1.807) is 20.8 Å². The van der Waals surface area contributed by atoms with Crippen LogP contribution in [0.15, 0.2) is 17.1 Å². The Morgan fingerprint density at radius 3 is 2.52 bits per heavy atom. The molecule has 0 aliphatic rings. The zero-order valence-electron chi connectivity index (χ0n) is 14.5. The van der Waals surface area contributed by atoms with Gasteiger partial charge in [0.25, 0.3) is 5.56 Å². The van der Waals surface area contributed by atoms with Crippen LogP contribution in [0.2, 0.25) is 0 Å². The van der Waals surface area contributed by atoms with E-state index in [1.165, 1.54) is 12.3 Å².